The van der Waals surface area contributed by atoms with E-state index < -0.39 is 0 Å². The number of hydrogen-bond acceptors (Lipinski definition) is 5. The number of nitrogens with zero attached hydrogens (tertiary/aromatic N) is 2. The van der Waals surface area contributed by atoms with Crippen molar-refractivity contribution in [3.8, 4) is 11.3 Å². The molecule has 1 fully saturated rings. The molecule has 23 heavy (non-hydrogen) atoms. The number of carbonyl (C=O) groups is 2. The van der Waals surface area contributed by atoms with Crippen LogP contribution in [0.25, 0.3) is 11.3 Å². The maximum Gasteiger partial charge on any atom is 0.245 e. The molecular weight excluding hydrogens is 354 g/mol. The third kappa shape index (κ3) is 3.85. The predicted octanol–water partition coefficient (Wildman–Crippen LogP) is 3.24. The fourth-order valence-corrected chi connectivity index (χ4v) is 4.08. The van der Waals surface area contributed by atoms with Gasteiger partial charge in [-0.2, -0.15) is 0 Å². The van der Waals surface area contributed by atoms with E-state index in [-0.39, 0.29) is 18.4 Å². The summed E-state index contributed by atoms with van der Waals surface area (Å²) in [6, 6.07) is 7.42. The Morgan fingerprint density at radius 3 is 2.78 bits per heavy atom. The summed E-state index contributed by atoms with van der Waals surface area (Å²) in [5.74, 6) is 0.795. The number of anilines is 1. The molecular formula is C15H14ClN3O2S2. The van der Waals surface area contributed by atoms with Gasteiger partial charge in [-0.1, -0.05) is 23.7 Å². The smallest absolute Gasteiger partial charge is 0.245 e. The first kappa shape index (κ1) is 16.3. The van der Waals surface area contributed by atoms with Crippen molar-refractivity contribution >= 4 is 51.6 Å². The summed E-state index contributed by atoms with van der Waals surface area (Å²) in [4.78, 5) is 30.6. The van der Waals surface area contributed by atoms with Gasteiger partial charge >= 0.3 is 0 Å². The average molecular weight is 368 g/mol. The van der Waals surface area contributed by atoms with E-state index in [0.717, 1.165) is 16.1 Å². The minimum Gasteiger partial charge on any atom is -0.323 e. The highest BCUT2D eigenvalue weighted by atomic mass is 35.5. The summed E-state index contributed by atoms with van der Waals surface area (Å²) in [6.07, 6.45) is 0. The lowest BCUT2D eigenvalue weighted by molar-refractivity contribution is -0.130. The molecule has 5 nitrogen and oxygen atoms in total. The fourth-order valence-electron chi connectivity index (χ4n) is 2.20. The molecule has 2 aromatic rings. The summed E-state index contributed by atoms with van der Waals surface area (Å²) >= 11 is 8.83. The normalized spacial score (nSPS) is 14.3. The number of hydrogen-bond donors (Lipinski definition) is 1. The van der Waals surface area contributed by atoms with Gasteiger partial charge in [0.2, 0.25) is 11.8 Å². The fraction of sp³-hybridized carbons (Fsp3) is 0.267. The maximum absolute atomic E-state index is 12.1. The lowest BCUT2D eigenvalue weighted by Gasteiger charge is -2.13. The number of aryl methyl sites for hydroxylation is 1. The van der Waals surface area contributed by atoms with Crippen molar-refractivity contribution in [1.82, 2.24) is 9.88 Å². The van der Waals surface area contributed by atoms with Crippen LogP contribution in [0.4, 0.5) is 5.13 Å². The largest absolute Gasteiger partial charge is 0.323 e. The molecule has 8 heteroatoms. The molecule has 1 aromatic carbocycles. The molecule has 2 amide bonds. The Labute approximate surface area is 147 Å². The molecule has 0 bridgehead atoms. The first-order valence-corrected chi connectivity index (χ1v) is 9.26. The molecule has 3 rings (SSSR count). The van der Waals surface area contributed by atoms with E-state index in [1.165, 1.54) is 23.1 Å². The number of amides is 2. The molecule has 0 unspecified atom stereocenters. The van der Waals surface area contributed by atoms with Gasteiger partial charge in [-0.05, 0) is 19.1 Å². The van der Waals surface area contributed by atoms with Gasteiger partial charge in [0.15, 0.2) is 5.13 Å². The van der Waals surface area contributed by atoms with E-state index in [1.807, 2.05) is 31.2 Å². The molecule has 1 aromatic heterocycles. The van der Waals surface area contributed by atoms with E-state index >= 15 is 0 Å². The molecule has 1 aliphatic rings. The Kier molecular flexibility index (Phi) is 4.89. The van der Waals surface area contributed by atoms with E-state index in [2.05, 4.69) is 10.3 Å². The van der Waals surface area contributed by atoms with Gasteiger partial charge in [0.25, 0.3) is 0 Å². The van der Waals surface area contributed by atoms with Crippen LogP contribution >= 0.6 is 34.7 Å². The number of nitrogens with one attached hydrogen (secondary N) is 1. The van der Waals surface area contributed by atoms with Gasteiger partial charge in [0.05, 0.1) is 17.3 Å². The molecule has 2 heterocycles. The van der Waals surface area contributed by atoms with Crippen LogP contribution in [0.3, 0.4) is 0 Å². The molecule has 0 aliphatic carbocycles. The topological polar surface area (TPSA) is 62.3 Å². The van der Waals surface area contributed by atoms with Gasteiger partial charge < -0.3 is 10.2 Å². The van der Waals surface area contributed by atoms with Crippen molar-refractivity contribution < 1.29 is 9.59 Å². The highest BCUT2D eigenvalue weighted by Crippen LogP contribution is 2.31. The van der Waals surface area contributed by atoms with Crippen LogP contribution in [0.2, 0.25) is 5.02 Å². The van der Waals surface area contributed by atoms with Gasteiger partial charge in [-0.15, -0.1) is 23.1 Å². The highest BCUT2D eigenvalue weighted by Gasteiger charge is 2.23. The summed E-state index contributed by atoms with van der Waals surface area (Å²) in [7, 11) is 0. The zero-order valence-corrected chi connectivity index (χ0v) is 14.7. The molecule has 0 saturated carbocycles. The summed E-state index contributed by atoms with van der Waals surface area (Å²) in [5.41, 5.74) is 1.78. The van der Waals surface area contributed by atoms with Crippen LogP contribution in [0, 0.1) is 6.92 Å². The Bertz CT molecular complexity index is 746. The Hall–Kier alpha value is -1.57. The molecule has 0 radical (unpaired) electrons. The van der Waals surface area contributed by atoms with Crippen molar-refractivity contribution in [2.75, 3.05) is 23.5 Å². The zero-order chi connectivity index (χ0) is 16.4. The number of rotatable bonds is 4. The molecule has 1 aliphatic heterocycles. The first-order valence-electron chi connectivity index (χ1n) is 6.91. The van der Waals surface area contributed by atoms with Gasteiger partial charge in [-0.25, -0.2) is 4.98 Å². The second-order valence-corrected chi connectivity index (χ2v) is 7.64. The number of thioether (sulfide) groups is 1. The molecule has 1 saturated heterocycles. The highest BCUT2D eigenvalue weighted by molar-refractivity contribution is 8.00. The monoisotopic (exact) mass is 367 g/mol. The molecule has 120 valence electrons. The van der Waals surface area contributed by atoms with Crippen LogP contribution in [-0.2, 0) is 9.59 Å². The first-order chi connectivity index (χ1) is 11.0. The number of thiazole rings is 1. The van der Waals surface area contributed by atoms with Gasteiger partial charge in [0.1, 0.15) is 6.54 Å². The zero-order valence-electron chi connectivity index (χ0n) is 12.3. The second kappa shape index (κ2) is 6.90. The quantitative estimate of drug-likeness (QED) is 0.901. The van der Waals surface area contributed by atoms with E-state index in [1.54, 1.807) is 4.90 Å². The van der Waals surface area contributed by atoms with Crippen LogP contribution in [-0.4, -0.2) is 39.9 Å². The standard InChI is InChI=1S/C15H14ClN3O2S2/c1-9-14(10-2-4-11(16)5-3-10)18-15(23-9)17-12(20)6-19-8-22-7-13(19)21/h2-5H,6-8H2,1H3,(H,17,18,20). The Morgan fingerprint density at radius 1 is 1.39 bits per heavy atom. The van der Waals surface area contributed by atoms with Crippen molar-refractivity contribution in [2.24, 2.45) is 0 Å². The van der Waals surface area contributed by atoms with Gasteiger partial charge in [0, 0.05) is 15.5 Å². The number of carbonyl (C=O) groups excluding carboxylic acids is 2. The lowest BCUT2D eigenvalue weighted by atomic mass is 10.1. The minimum atomic E-state index is -0.225. The van der Waals surface area contributed by atoms with Crippen LogP contribution in [0.1, 0.15) is 4.88 Å². The Balaban J connectivity index is 1.69. The third-order valence-electron chi connectivity index (χ3n) is 3.32. The third-order valence-corrected chi connectivity index (χ3v) is 5.40. The summed E-state index contributed by atoms with van der Waals surface area (Å²) in [5, 5.41) is 3.98. The van der Waals surface area contributed by atoms with E-state index in [4.69, 9.17) is 11.6 Å². The lowest BCUT2D eigenvalue weighted by Crippen LogP contribution is -2.34. The van der Waals surface area contributed by atoms with Crippen molar-refractivity contribution in [3.63, 3.8) is 0 Å². The minimum absolute atomic E-state index is 0.00215. The SMILES string of the molecule is Cc1sc(NC(=O)CN2CSCC2=O)nc1-c1ccc(Cl)cc1. The summed E-state index contributed by atoms with van der Waals surface area (Å²) in [6.45, 7) is 2.03. The van der Waals surface area contributed by atoms with Crippen molar-refractivity contribution in [1.29, 1.82) is 0 Å². The van der Waals surface area contributed by atoms with Crippen LogP contribution in [0.5, 0.6) is 0 Å². The van der Waals surface area contributed by atoms with E-state index in [9.17, 15) is 9.59 Å². The number of halogens is 1. The predicted molar refractivity (Wildman–Crippen MR) is 95.0 cm³/mol. The summed E-state index contributed by atoms with van der Waals surface area (Å²) < 4.78 is 0. The average Bonchev–Trinajstić information content (AvgIpc) is 3.06. The van der Waals surface area contributed by atoms with Crippen molar-refractivity contribution in [2.45, 2.75) is 6.92 Å². The van der Waals surface area contributed by atoms with Crippen LogP contribution in [0.15, 0.2) is 24.3 Å². The van der Waals surface area contributed by atoms with Gasteiger partial charge in [-0.3, -0.25) is 9.59 Å². The molecule has 0 atom stereocenters. The molecule has 1 N–H and O–H groups in total. The van der Waals surface area contributed by atoms with Crippen molar-refractivity contribution in [3.05, 3.63) is 34.2 Å². The maximum atomic E-state index is 12.1. The number of aromatic nitrogens is 1. The Morgan fingerprint density at radius 2 is 2.13 bits per heavy atom. The van der Waals surface area contributed by atoms with Crippen LogP contribution < -0.4 is 5.32 Å². The van der Waals surface area contributed by atoms with E-state index in [0.29, 0.717) is 21.8 Å². The second-order valence-electron chi connectivity index (χ2n) is 5.05. The molecule has 0 spiro atoms. The number of benzene rings is 1.